The van der Waals surface area contributed by atoms with Crippen LogP contribution in [-0.2, 0) is 11.2 Å². The van der Waals surface area contributed by atoms with Crippen molar-refractivity contribution >= 4 is 28.8 Å². The molecular weight excluding hydrogens is 268 g/mol. The summed E-state index contributed by atoms with van der Waals surface area (Å²) in [6, 6.07) is 4.14. The number of rotatable bonds is 7. The Morgan fingerprint density at radius 2 is 2.11 bits per heavy atom. The van der Waals surface area contributed by atoms with Crippen molar-refractivity contribution in [1.29, 1.82) is 0 Å². The van der Waals surface area contributed by atoms with Gasteiger partial charge in [-0.2, -0.15) is 0 Å². The largest absolute Gasteiger partial charge is 0.352 e. The smallest absolute Gasteiger partial charge is 0.234 e. The first-order valence-corrected chi connectivity index (χ1v) is 7.42. The molecule has 18 heavy (non-hydrogen) atoms. The van der Waals surface area contributed by atoms with Crippen LogP contribution in [0.15, 0.2) is 12.1 Å². The number of amides is 1. The fourth-order valence-electron chi connectivity index (χ4n) is 1.37. The Morgan fingerprint density at radius 3 is 2.67 bits per heavy atom. The molecule has 2 N–H and O–H groups in total. The number of halogens is 1. The van der Waals surface area contributed by atoms with E-state index in [1.807, 2.05) is 19.1 Å². The van der Waals surface area contributed by atoms with Crippen molar-refractivity contribution in [2.45, 2.75) is 33.2 Å². The zero-order chi connectivity index (χ0) is 13.5. The van der Waals surface area contributed by atoms with Crippen LogP contribution in [-0.4, -0.2) is 25.0 Å². The fraction of sp³-hybridized carbons (Fsp3) is 0.615. The Morgan fingerprint density at radius 1 is 1.39 bits per heavy atom. The SMILES string of the molecule is CC(C)C(C)NC(=O)CNCCc1ccc(Cl)s1. The molecule has 1 amide bonds. The van der Waals surface area contributed by atoms with E-state index < -0.39 is 0 Å². The summed E-state index contributed by atoms with van der Waals surface area (Å²) in [4.78, 5) is 12.8. The first-order chi connectivity index (χ1) is 8.49. The lowest BCUT2D eigenvalue weighted by Crippen LogP contribution is -2.41. The molecule has 0 aromatic carbocycles. The minimum Gasteiger partial charge on any atom is -0.352 e. The normalized spacial score (nSPS) is 12.7. The first kappa shape index (κ1) is 15.5. The van der Waals surface area contributed by atoms with Crippen LogP contribution in [0.25, 0.3) is 0 Å². The lowest BCUT2D eigenvalue weighted by atomic mass is 10.1. The van der Waals surface area contributed by atoms with Gasteiger partial charge in [0.2, 0.25) is 5.91 Å². The van der Waals surface area contributed by atoms with E-state index in [0.717, 1.165) is 17.3 Å². The minimum absolute atomic E-state index is 0.0559. The highest BCUT2D eigenvalue weighted by Gasteiger charge is 2.09. The van der Waals surface area contributed by atoms with Crippen LogP contribution in [0.4, 0.5) is 0 Å². The predicted octanol–water partition coefficient (Wildman–Crippen LogP) is 2.69. The fourth-order valence-corrected chi connectivity index (χ4v) is 2.46. The van der Waals surface area contributed by atoms with Gasteiger partial charge in [0.15, 0.2) is 0 Å². The molecule has 1 aromatic rings. The van der Waals surface area contributed by atoms with E-state index in [1.54, 1.807) is 11.3 Å². The van der Waals surface area contributed by atoms with Gasteiger partial charge in [-0.15, -0.1) is 11.3 Å². The van der Waals surface area contributed by atoms with E-state index in [9.17, 15) is 4.79 Å². The maximum Gasteiger partial charge on any atom is 0.234 e. The van der Waals surface area contributed by atoms with Crippen LogP contribution in [0.5, 0.6) is 0 Å². The van der Waals surface area contributed by atoms with Gasteiger partial charge in [-0.3, -0.25) is 4.79 Å². The van der Waals surface area contributed by atoms with E-state index in [0.29, 0.717) is 12.5 Å². The van der Waals surface area contributed by atoms with Gasteiger partial charge in [-0.05, 0) is 31.4 Å². The van der Waals surface area contributed by atoms with E-state index in [-0.39, 0.29) is 11.9 Å². The molecule has 102 valence electrons. The second kappa shape index (κ2) is 7.77. The molecule has 1 heterocycles. The summed E-state index contributed by atoms with van der Waals surface area (Å²) < 4.78 is 0.813. The molecule has 1 rings (SSSR count). The van der Waals surface area contributed by atoms with E-state index in [2.05, 4.69) is 24.5 Å². The molecule has 0 aliphatic carbocycles. The minimum atomic E-state index is 0.0559. The second-order valence-electron chi connectivity index (χ2n) is 4.73. The Bertz CT molecular complexity index is 379. The van der Waals surface area contributed by atoms with Crippen LogP contribution in [0, 0.1) is 5.92 Å². The number of carbonyl (C=O) groups is 1. The topological polar surface area (TPSA) is 41.1 Å². The number of hydrogen-bond acceptors (Lipinski definition) is 3. The summed E-state index contributed by atoms with van der Waals surface area (Å²) in [6.45, 7) is 7.38. The van der Waals surface area contributed by atoms with E-state index >= 15 is 0 Å². The molecule has 1 aromatic heterocycles. The zero-order valence-electron chi connectivity index (χ0n) is 11.1. The van der Waals surface area contributed by atoms with Crippen molar-refractivity contribution < 1.29 is 4.79 Å². The molecule has 1 unspecified atom stereocenters. The van der Waals surface area contributed by atoms with Gasteiger partial charge in [0.25, 0.3) is 0 Å². The van der Waals surface area contributed by atoms with Gasteiger partial charge in [0, 0.05) is 17.5 Å². The molecule has 0 spiro atoms. The molecule has 3 nitrogen and oxygen atoms in total. The van der Waals surface area contributed by atoms with Gasteiger partial charge in [-0.1, -0.05) is 25.4 Å². The van der Waals surface area contributed by atoms with Crippen molar-refractivity contribution in [3.05, 3.63) is 21.3 Å². The highest BCUT2D eigenvalue weighted by Crippen LogP contribution is 2.21. The van der Waals surface area contributed by atoms with Gasteiger partial charge < -0.3 is 10.6 Å². The quantitative estimate of drug-likeness (QED) is 0.758. The molecule has 0 bridgehead atoms. The summed E-state index contributed by atoms with van der Waals surface area (Å²) >= 11 is 7.43. The van der Waals surface area contributed by atoms with Crippen molar-refractivity contribution in [1.82, 2.24) is 10.6 Å². The maximum atomic E-state index is 11.6. The van der Waals surface area contributed by atoms with Gasteiger partial charge in [-0.25, -0.2) is 0 Å². The number of nitrogens with one attached hydrogen (secondary N) is 2. The highest BCUT2D eigenvalue weighted by molar-refractivity contribution is 7.16. The number of hydrogen-bond donors (Lipinski definition) is 2. The monoisotopic (exact) mass is 288 g/mol. The van der Waals surface area contributed by atoms with Crippen molar-refractivity contribution in [3.63, 3.8) is 0 Å². The molecule has 1 atom stereocenters. The average Bonchev–Trinajstić information content (AvgIpc) is 2.70. The Hall–Kier alpha value is -0.580. The molecular formula is C13H21ClN2OS. The number of carbonyl (C=O) groups excluding carboxylic acids is 1. The molecule has 0 fully saturated rings. The lowest BCUT2D eigenvalue weighted by molar-refractivity contribution is -0.121. The summed E-state index contributed by atoms with van der Waals surface area (Å²) in [5, 5.41) is 6.10. The first-order valence-electron chi connectivity index (χ1n) is 6.23. The molecule has 5 heteroatoms. The lowest BCUT2D eigenvalue weighted by Gasteiger charge is -2.17. The average molecular weight is 289 g/mol. The highest BCUT2D eigenvalue weighted by atomic mass is 35.5. The van der Waals surface area contributed by atoms with Crippen LogP contribution in [0.1, 0.15) is 25.6 Å². The third-order valence-electron chi connectivity index (χ3n) is 2.85. The molecule has 0 saturated heterocycles. The van der Waals surface area contributed by atoms with E-state index in [1.165, 1.54) is 4.88 Å². The van der Waals surface area contributed by atoms with Gasteiger partial charge in [0.1, 0.15) is 0 Å². The van der Waals surface area contributed by atoms with Gasteiger partial charge >= 0.3 is 0 Å². The van der Waals surface area contributed by atoms with Crippen molar-refractivity contribution in [2.24, 2.45) is 5.92 Å². The Balaban J connectivity index is 2.12. The molecule has 0 saturated carbocycles. The molecule has 0 aliphatic rings. The molecule has 0 radical (unpaired) electrons. The van der Waals surface area contributed by atoms with Gasteiger partial charge in [0.05, 0.1) is 10.9 Å². The van der Waals surface area contributed by atoms with E-state index in [4.69, 9.17) is 11.6 Å². The molecule has 0 aliphatic heterocycles. The van der Waals surface area contributed by atoms with Crippen LogP contribution >= 0.6 is 22.9 Å². The predicted molar refractivity (Wildman–Crippen MR) is 78.3 cm³/mol. The third-order valence-corrected chi connectivity index (χ3v) is 4.14. The third kappa shape index (κ3) is 5.85. The van der Waals surface area contributed by atoms with Crippen molar-refractivity contribution in [2.75, 3.05) is 13.1 Å². The Labute approximate surface area is 118 Å². The van der Waals surface area contributed by atoms with Crippen LogP contribution in [0.3, 0.4) is 0 Å². The summed E-state index contributed by atoms with van der Waals surface area (Å²) in [7, 11) is 0. The standard InChI is InChI=1S/C13H21ClN2OS/c1-9(2)10(3)16-13(17)8-15-7-6-11-4-5-12(14)18-11/h4-5,9-10,15H,6-8H2,1-3H3,(H,16,17). The zero-order valence-corrected chi connectivity index (χ0v) is 12.7. The second-order valence-corrected chi connectivity index (χ2v) is 6.53. The van der Waals surface area contributed by atoms with Crippen molar-refractivity contribution in [3.8, 4) is 0 Å². The maximum absolute atomic E-state index is 11.6. The van der Waals surface area contributed by atoms with Crippen LogP contribution < -0.4 is 10.6 Å². The Kier molecular flexibility index (Phi) is 6.68. The summed E-state index contributed by atoms with van der Waals surface area (Å²) in [5.41, 5.74) is 0. The van der Waals surface area contributed by atoms with Crippen LogP contribution in [0.2, 0.25) is 4.34 Å². The summed E-state index contributed by atoms with van der Waals surface area (Å²) in [6.07, 6.45) is 0.907. The summed E-state index contributed by atoms with van der Waals surface area (Å²) in [5.74, 6) is 0.516. The number of thiophene rings is 1.